The van der Waals surface area contributed by atoms with E-state index in [1.54, 1.807) is 0 Å². The normalized spacial score (nSPS) is 30.5. The van der Waals surface area contributed by atoms with Gasteiger partial charge in [0.15, 0.2) is 0 Å². The summed E-state index contributed by atoms with van der Waals surface area (Å²) < 4.78 is 12.6. The van der Waals surface area contributed by atoms with Gasteiger partial charge in [0.1, 0.15) is 0 Å². The Morgan fingerprint density at radius 1 is 1.32 bits per heavy atom. The van der Waals surface area contributed by atoms with Gasteiger partial charge in [-0.3, -0.25) is 0 Å². The molecule has 1 aromatic carbocycles. The van der Waals surface area contributed by atoms with E-state index in [4.69, 9.17) is 9.47 Å². The zero-order valence-electron chi connectivity index (χ0n) is 14.8. The third-order valence-electron chi connectivity index (χ3n) is 6.40. The zero-order valence-corrected chi connectivity index (χ0v) is 14.8. The number of fused-ring (bicyclic) bond motifs is 1. The molecule has 0 amide bonds. The first-order valence-electron chi connectivity index (χ1n) is 9.06. The number of nitrogens with one attached hydrogen (secondary N) is 1. The standard InChI is InChI=1S/C20H24N2O3/c1-13-17(18(23)24-2)15-5-3-4-6-16(15)22(13)12-19-9-20(10-19,11-19)21-14-7-25-8-14/h3-6,14,21H,7-12H2,1-2H3. The van der Waals surface area contributed by atoms with Gasteiger partial charge in [0.2, 0.25) is 0 Å². The number of carbonyl (C=O) groups is 1. The van der Waals surface area contributed by atoms with E-state index in [-0.39, 0.29) is 5.97 Å². The smallest absolute Gasteiger partial charge is 0.340 e. The second kappa shape index (κ2) is 5.08. The minimum absolute atomic E-state index is 0.242. The number of hydrogen-bond donors (Lipinski definition) is 1. The molecule has 2 heterocycles. The maximum Gasteiger partial charge on any atom is 0.340 e. The zero-order chi connectivity index (χ0) is 17.2. The predicted octanol–water partition coefficient (Wildman–Crippen LogP) is 2.65. The third kappa shape index (κ3) is 2.12. The summed E-state index contributed by atoms with van der Waals surface area (Å²) >= 11 is 0. The van der Waals surface area contributed by atoms with E-state index < -0.39 is 0 Å². The minimum atomic E-state index is -0.242. The Kier molecular flexibility index (Phi) is 3.13. The molecule has 2 aromatic rings. The summed E-state index contributed by atoms with van der Waals surface area (Å²) in [6.45, 7) is 4.75. The van der Waals surface area contributed by atoms with Gasteiger partial charge in [-0.2, -0.15) is 0 Å². The molecule has 0 unspecified atom stereocenters. The Labute approximate surface area is 147 Å². The van der Waals surface area contributed by atoms with Crippen LogP contribution in [0.2, 0.25) is 0 Å². The average molecular weight is 340 g/mol. The van der Waals surface area contributed by atoms with E-state index in [1.807, 2.05) is 25.1 Å². The summed E-state index contributed by atoms with van der Waals surface area (Å²) in [7, 11) is 1.45. The van der Waals surface area contributed by atoms with Gasteiger partial charge in [-0.1, -0.05) is 18.2 Å². The Bertz CT molecular complexity index is 845. The van der Waals surface area contributed by atoms with Crippen LogP contribution in [0.4, 0.5) is 0 Å². The number of nitrogens with zero attached hydrogens (tertiary/aromatic N) is 1. The van der Waals surface area contributed by atoms with Crippen molar-refractivity contribution in [3.63, 3.8) is 0 Å². The van der Waals surface area contributed by atoms with Crippen molar-refractivity contribution in [3.8, 4) is 0 Å². The summed E-state index contributed by atoms with van der Waals surface area (Å²) in [6, 6.07) is 8.71. The van der Waals surface area contributed by atoms with Crippen molar-refractivity contribution in [1.82, 2.24) is 9.88 Å². The first-order valence-corrected chi connectivity index (χ1v) is 9.06. The Morgan fingerprint density at radius 3 is 2.68 bits per heavy atom. The summed E-state index contributed by atoms with van der Waals surface area (Å²) in [6.07, 6.45) is 3.70. The molecule has 1 aromatic heterocycles. The van der Waals surface area contributed by atoms with Crippen LogP contribution in [0.3, 0.4) is 0 Å². The van der Waals surface area contributed by atoms with Crippen molar-refractivity contribution in [3.05, 3.63) is 35.5 Å². The van der Waals surface area contributed by atoms with Gasteiger partial charge in [0.05, 0.1) is 31.9 Å². The SMILES string of the molecule is COC(=O)c1c(C)n(CC23CC(NC4COC4)(C2)C3)c2ccccc12. The van der Waals surface area contributed by atoms with Crippen LogP contribution in [0.1, 0.15) is 35.3 Å². The maximum absolute atomic E-state index is 12.3. The first kappa shape index (κ1) is 15.4. The van der Waals surface area contributed by atoms with Crippen LogP contribution in [-0.4, -0.2) is 42.4 Å². The first-order chi connectivity index (χ1) is 12.0. The quantitative estimate of drug-likeness (QED) is 0.850. The van der Waals surface area contributed by atoms with E-state index in [9.17, 15) is 4.79 Å². The molecule has 5 heteroatoms. The lowest BCUT2D eigenvalue weighted by atomic mass is 9.39. The summed E-state index contributed by atoms with van der Waals surface area (Å²) in [4.78, 5) is 12.3. The third-order valence-corrected chi connectivity index (χ3v) is 6.40. The van der Waals surface area contributed by atoms with Crippen molar-refractivity contribution in [1.29, 1.82) is 0 Å². The highest BCUT2D eigenvalue weighted by Crippen LogP contribution is 2.68. The largest absolute Gasteiger partial charge is 0.465 e. The Hall–Kier alpha value is -1.85. The molecule has 2 bridgehead atoms. The van der Waals surface area contributed by atoms with E-state index in [1.165, 1.54) is 26.4 Å². The van der Waals surface area contributed by atoms with Crippen molar-refractivity contribution >= 4 is 16.9 Å². The molecule has 4 aliphatic rings. The van der Waals surface area contributed by atoms with Gasteiger partial charge < -0.3 is 19.4 Å². The van der Waals surface area contributed by atoms with E-state index in [2.05, 4.69) is 16.0 Å². The van der Waals surface area contributed by atoms with Crippen LogP contribution in [0.15, 0.2) is 24.3 Å². The van der Waals surface area contributed by atoms with Crippen LogP contribution >= 0.6 is 0 Å². The predicted molar refractivity (Wildman–Crippen MR) is 94.8 cm³/mol. The highest BCUT2D eigenvalue weighted by molar-refractivity contribution is 6.05. The molecule has 5 nitrogen and oxygen atoms in total. The van der Waals surface area contributed by atoms with Crippen molar-refractivity contribution < 1.29 is 14.3 Å². The Morgan fingerprint density at radius 2 is 2.04 bits per heavy atom. The van der Waals surface area contributed by atoms with E-state index in [0.29, 0.717) is 22.6 Å². The fourth-order valence-electron chi connectivity index (χ4n) is 5.40. The average Bonchev–Trinajstić information content (AvgIpc) is 2.78. The molecule has 0 radical (unpaired) electrons. The molecule has 1 aliphatic heterocycles. The number of ether oxygens (including phenoxy) is 2. The highest BCUT2D eigenvalue weighted by Gasteiger charge is 2.68. The van der Waals surface area contributed by atoms with Gasteiger partial charge in [-0.05, 0) is 37.7 Å². The molecular formula is C20H24N2O3. The van der Waals surface area contributed by atoms with Crippen LogP contribution in [0.25, 0.3) is 10.9 Å². The van der Waals surface area contributed by atoms with Gasteiger partial charge >= 0.3 is 5.97 Å². The van der Waals surface area contributed by atoms with Crippen LogP contribution in [0.5, 0.6) is 0 Å². The number of para-hydroxylation sites is 1. The molecule has 1 saturated heterocycles. The second-order valence-corrected chi connectivity index (χ2v) is 8.24. The number of aromatic nitrogens is 1. The topological polar surface area (TPSA) is 52.5 Å². The van der Waals surface area contributed by atoms with Crippen LogP contribution in [-0.2, 0) is 16.0 Å². The Balaban J connectivity index is 1.41. The van der Waals surface area contributed by atoms with Crippen LogP contribution < -0.4 is 5.32 Å². The van der Waals surface area contributed by atoms with Gasteiger partial charge in [0.25, 0.3) is 0 Å². The molecular weight excluding hydrogens is 316 g/mol. The minimum Gasteiger partial charge on any atom is -0.465 e. The van der Waals surface area contributed by atoms with Gasteiger partial charge in [-0.25, -0.2) is 4.79 Å². The highest BCUT2D eigenvalue weighted by atomic mass is 16.5. The van der Waals surface area contributed by atoms with Crippen molar-refractivity contribution in [2.45, 2.75) is 44.3 Å². The lowest BCUT2D eigenvalue weighted by Crippen LogP contribution is -2.77. The lowest BCUT2D eigenvalue weighted by Gasteiger charge is -2.72. The second-order valence-electron chi connectivity index (χ2n) is 8.24. The fraction of sp³-hybridized carbons (Fsp3) is 0.550. The monoisotopic (exact) mass is 340 g/mol. The molecule has 0 spiro atoms. The van der Waals surface area contributed by atoms with Gasteiger partial charge in [-0.15, -0.1) is 0 Å². The molecule has 4 fully saturated rings. The number of methoxy groups -OCH3 is 1. The van der Waals surface area contributed by atoms with Crippen LogP contribution in [0, 0.1) is 12.3 Å². The maximum atomic E-state index is 12.3. The number of hydrogen-bond acceptors (Lipinski definition) is 4. The number of carbonyl (C=O) groups excluding carboxylic acids is 1. The number of rotatable bonds is 5. The molecule has 0 atom stereocenters. The molecule has 25 heavy (non-hydrogen) atoms. The molecule has 3 aliphatic carbocycles. The number of benzene rings is 1. The molecule has 1 N–H and O–H groups in total. The molecule has 6 rings (SSSR count). The van der Waals surface area contributed by atoms with E-state index >= 15 is 0 Å². The fourth-order valence-corrected chi connectivity index (χ4v) is 5.40. The van der Waals surface area contributed by atoms with Crippen molar-refractivity contribution in [2.24, 2.45) is 5.41 Å². The summed E-state index contributed by atoms with van der Waals surface area (Å²) in [5, 5.41) is 4.78. The number of esters is 1. The molecule has 3 saturated carbocycles. The summed E-state index contributed by atoms with van der Waals surface area (Å²) in [5.74, 6) is -0.242. The van der Waals surface area contributed by atoms with Gasteiger partial charge in [0, 0.05) is 28.7 Å². The summed E-state index contributed by atoms with van der Waals surface area (Å²) in [5.41, 5.74) is 3.62. The van der Waals surface area contributed by atoms with Crippen molar-refractivity contribution in [2.75, 3.05) is 20.3 Å². The molecule has 132 valence electrons. The lowest BCUT2D eigenvalue weighted by molar-refractivity contribution is -0.182. The van der Waals surface area contributed by atoms with E-state index in [0.717, 1.165) is 36.4 Å².